The molecule has 0 aromatic carbocycles. The Kier molecular flexibility index (Phi) is 5.78. The molecule has 0 aliphatic heterocycles. The van der Waals surface area contributed by atoms with Gasteiger partial charge in [0, 0.05) is 6.61 Å². The summed E-state index contributed by atoms with van der Waals surface area (Å²) < 4.78 is 4.82. The van der Waals surface area contributed by atoms with Gasteiger partial charge in [0.15, 0.2) is 0 Å². The summed E-state index contributed by atoms with van der Waals surface area (Å²) in [5.41, 5.74) is 0. The predicted molar refractivity (Wildman–Crippen MR) is 40.9 cm³/mol. The van der Waals surface area contributed by atoms with Crippen molar-refractivity contribution in [3.8, 4) is 0 Å². The summed E-state index contributed by atoms with van der Waals surface area (Å²) in [6.07, 6.45) is -0.235. The van der Waals surface area contributed by atoms with Crippen LogP contribution in [0.4, 0.5) is 0 Å². The standard InChI is InChI=1S/C7H15NO3/c1-3-6(9)8-7(10)5-11-4-2/h6,9H,3-5H2,1-2H3,(H,8,10). The second-order valence-corrected chi connectivity index (χ2v) is 2.13. The minimum atomic E-state index is -0.747. The van der Waals surface area contributed by atoms with Gasteiger partial charge in [-0.2, -0.15) is 0 Å². The lowest BCUT2D eigenvalue weighted by Crippen LogP contribution is -2.36. The van der Waals surface area contributed by atoms with E-state index >= 15 is 0 Å². The van der Waals surface area contributed by atoms with Crippen LogP contribution in [-0.4, -0.2) is 30.5 Å². The van der Waals surface area contributed by atoms with Crippen LogP contribution in [0, 0.1) is 0 Å². The Balaban J connectivity index is 3.36. The van der Waals surface area contributed by atoms with Gasteiger partial charge in [-0.25, -0.2) is 0 Å². The highest BCUT2D eigenvalue weighted by atomic mass is 16.5. The Morgan fingerprint density at radius 1 is 1.64 bits per heavy atom. The molecule has 66 valence electrons. The topological polar surface area (TPSA) is 58.6 Å². The zero-order valence-corrected chi connectivity index (χ0v) is 6.96. The van der Waals surface area contributed by atoms with Crippen LogP contribution in [0.1, 0.15) is 20.3 Å². The third kappa shape index (κ3) is 5.82. The van der Waals surface area contributed by atoms with E-state index in [1.807, 2.05) is 6.92 Å². The highest BCUT2D eigenvalue weighted by Crippen LogP contribution is 1.83. The molecule has 0 bridgehead atoms. The zero-order chi connectivity index (χ0) is 8.69. The fraction of sp³-hybridized carbons (Fsp3) is 0.857. The Morgan fingerprint density at radius 3 is 2.73 bits per heavy atom. The lowest BCUT2D eigenvalue weighted by Gasteiger charge is -2.09. The van der Waals surface area contributed by atoms with Crippen LogP contribution < -0.4 is 5.32 Å². The van der Waals surface area contributed by atoms with Crippen molar-refractivity contribution < 1.29 is 14.6 Å². The monoisotopic (exact) mass is 161 g/mol. The molecule has 0 radical (unpaired) electrons. The van der Waals surface area contributed by atoms with Crippen LogP contribution >= 0.6 is 0 Å². The van der Waals surface area contributed by atoms with Crippen molar-refractivity contribution >= 4 is 5.91 Å². The summed E-state index contributed by atoms with van der Waals surface area (Å²) in [5, 5.41) is 11.3. The van der Waals surface area contributed by atoms with E-state index < -0.39 is 6.23 Å². The summed E-state index contributed by atoms with van der Waals surface area (Å²) >= 11 is 0. The summed E-state index contributed by atoms with van der Waals surface area (Å²) in [6.45, 7) is 4.12. The van der Waals surface area contributed by atoms with Crippen molar-refractivity contribution in [2.45, 2.75) is 26.5 Å². The molecule has 11 heavy (non-hydrogen) atoms. The van der Waals surface area contributed by atoms with Crippen LogP contribution in [-0.2, 0) is 9.53 Å². The average molecular weight is 161 g/mol. The molecule has 4 heteroatoms. The molecule has 0 spiro atoms. The molecule has 1 amide bonds. The Hall–Kier alpha value is -0.610. The summed E-state index contributed by atoms with van der Waals surface area (Å²) in [5.74, 6) is -0.277. The van der Waals surface area contributed by atoms with E-state index in [2.05, 4.69) is 5.32 Å². The lowest BCUT2D eigenvalue weighted by molar-refractivity contribution is -0.128. The molecular formula is C7H15NO3. The maximum atomic E-state index is 10.8. The van der Waals surface area contributed by atoms with E-state index in [1.165, 1.54) is 0 Å². The fourth-order valence-electron chi connectivity index (χ4n) is 0.524. The first kappa shape index (κ1) is 10.4. The summed E-state index contributed by atoms with van der Waals surface area (Å²) in [7, 11) is 0. The molecule has 0 rings (SSSR count). The summed E-state index contributed by atoms with van der Waals surface area (Å²) in [4.78, 5) is 10.8. The van der Waals surface area contributed by atoms with Gasteiger partial charge in [0.05, 0.1) is 0 Å². The van der Waals surface area contributed by atoms with Gasteiger partial charge in [-0.15, -0.1) is 0 Å². The minimum absolute atomic E-state index is 0.0214. The van der Waals surface area contributed by atoms with Crippen LogP contribution in [0.25, 0.3) is 0 Å². The van der Waals surface area contributed by atoms with Crippen molar-refractivity contribution in [3.63, 3.8) is 0 Å². The smallest absolute Gasteiger partial charge is 0.247 e. The van der Waals surface area contributed by atoms with E-state index in [0.29, 0.717) is 13.0 Å². The van der Waals surface area contributed by atoms with Gasteiger partial charge < -0.3 is 15.2 Å². The minimum Gasteiger partial charge on any atom is -0.374 e. The molecular weight excluding hydrogens is 146 g/mol. The molecule has 0 aliphatic carbocycles. The van der Waals surface area contributed by atoms with Gasteiger partial charge in [-0.1, -0.05) is 6.92 Å². The lowest BCUT2D eigenvalue weighted by atomic mass is 10.4. The van der Waals surface area contributed by atoms with Crippen LogP contribution in [0.2, 0.25) is 0 Å². The number of nitrogens with one attached hydrogen (secondary N) is 1. The van der Waals surface area contributed by atoms with Crippen LogP contribution in [0.5, 0.6) is 0 Å². The van der Waals surface area contributed by atoms with Crippen molar-refractivity contribution in [3.05, 3.63) is 0 Å². The maximum Gasteiger partial charge on any atom is 0.247 e. The van der Waals surface area contributed by atoms with Crippen molar-refractivity contribution in [1.82, 2.24) is 5.32 Å². The molecule has 0 heterocycles. The first-order chi connectivity index (χ1) is 5.20. The number of aliphatic hydroxyl groups is 1. The van der Waals surface area contributed by atoms with Crippen molar-refractivity contribution in [1.29, 1.82) is 0 Å². The molecule has 2 N–H and O–H groups in total. The van der Waals surface area contributed by atoms with E-state index in [-0.39, 0.29) is 12.5 Å². The molecule has 4 nitrogen and oxygen atoms in total. The van der Waals surface area contributed by atoms with E-state index in [0.717, 1.165) is 0 Å². The molecule has 0 saturated heterocycles. The highest BCUT2D eigenvalue weighted by Gasteiger charge is 2.04. The second-order valence-electron chi connectivity index (χ2n) is 2.13. The molecule has 0 saturated carbocycles. The van der Waals surface area contributed by atoms with Gasteiger partial charge in [0.1, 0.15) is 12.8 Å². The molecule has 1 atom stereocenters. The second kappa shape index (κ2) is 6.12. The van der Waals surface area contributed by atoms with Gasteiger partial charge in [-0.05, 0) is 13.3 Å². The normalized spacial score (nSPS) is 12.6. The Bertz CT molecular complexity index is 116. The number of hydrogen-bond acceptors (Lipinski definition) is 3. The van der Waals surface area contributed by atoms with Crippen LogP contribution in [0.3, 0.4) is 0 Å². The zero-order valence-electron chi connectivity index (χ0n) is 6.96. The third-order valence-electron chi connectivity index (χ3n) is 1.15. The van der Waals surface area contributed by atoms with Gasteiger partial charge in [0.25, 0.3) is 0 Å². The third-order valence-corrected chi connectivity index (χ3v) is 1.15. The van der Waals surface area contributed by atoms with E-state index in [4.69, 9.17) is 9.84 Å². The van der Waals surface area contributed by atoms with E-state index in [9.17, 15) is 4.79 Å². The molecule has 0 aromatic rings. The quantitative estimate of drug-likeness (QED) is 0.552. The van der Waals surface area contributed by atoms with Crippen molar-refractivity contribution in [2.24, 2.45) is 0 Å². The number of aliphatic hydroxyl groups excluding tert-OH is 1. The van der Waals surface area contributed by atoms with Crippen molar-refractivity contribution in [2.75, 3.05) is 13.2 Å². The fourth-order valence-corrected chi connectivity index (χ4v) is 0.524. The predicted octanol–water partition coefficient (Wildman–Crippen LogP) is -0.133. The molecule has 0 aliphatic rings. The van der Waals surface area contributed by atoms with Gasteiger partial charge in [-0.3, -0.25) is 4.79 Å². The first-order valence-electron chi connectivity index (χ1n) is 3.75. The van der Waals surface area contributed by atoms with Crippen LogP contribution in [0.15, 0.2) is 0 Å². The number of amides is 1. The van der Waals surface area contributed by atoms with Gasteiger partial charge >= 0.3 is 0 Å². The number of hydrogen-bond donors (Lipinski definition) is 2. The molecule has 0 fully saturated rings. The van der Waals surface area contributed by atoms with E-state index in [1.54, 1.807) is 6.92 Å². The SMILES string of the molecule is CCOCC(=O)NC(O)CC. The molecule has 0 aromatic heterocycles. The maximum absolute atomic E-state index is 10.8. The highest BCUT2D eigenvalue weighted by molar-refractivity contribution is 5.77. The Labute approximate surface area is 66.5 Å². The van der Waals surface area contributed by atoms with Gasteiger partial charge in [0.2, 0.25) is 5.91 Å². The number of rotatable bonds is 5. The number of carbonyl (C=O) groups is 1. The first-order valence-corrected chi connectivity index (χ1v) is 3.75. The molecule has 1 unspecified atom stereocenters. The average Bonchev–Trinajstić information content (AvgIpc) is 2.00. The largest absolute Gasteiger partial charge is 0.374 e. The Morgan fingerprint density at radius 2 is 2.27 bits per heavy atom. The number of ether oxygens (including phenoxy) is 1. The number of carbonyl (C=O) groups excluding carboxylic acids is 1. The summed E-state index contributed by atoms with van der Waals surface area (Å²) in [6, 6.07) is 0.